The number of likely N-dealkylation sites (tertiary alicyclic amines) is 1. The van der Waals surface area contributed by atoms with Crippen LogP contribution >= 0.6 is 11.6 Å². The minimum atomic E-state index is 0.574. The fourth-order valence-corrected chi connectivity index (χ4v) is 3.67. The fourth-order valence-electron chi connectivity index (χ4n) is 3.56. The van der Waals surface area contributed by atoms with E-state index in [0.29, 0.717) is 5.15 Å². The Kier molecular flexibility index (Phi) is 5.69. The highest BCUT2D eigenvalue weighted by atomic mass is 35.5. The zero-order valence-electron chi connectivity index (χ0n) is 13.5. The Morgan fingerprint density at radius 3 is 2.55 bits per heavy atom. The smallest absolute Gasteiger partial charge is 0.129 e. The third kappa shape index (κ3) is 4.42. The Bertz CT molecular complexity index is 456. The summed E-state index contributed by atoms with van der Waals surface area (Å²) in [5.41, 5.74) is 1.25. The van der Waals surface area contributed by atoms with Gasteiger partial charge in [0, 0.05) is 51.5 Å². The quantitative estimate of drug-likeness (QED) is 0.794. The first kappa shape index (κ1) is 16.2. The van der Waals surface area contributed by atoms with Crippen molar-refractivity contribution in [1.29, 1.82) is 0 Å². The van der Waals surface area contributed by atoms with Gasteiger partial charge in [0.25, 0.3) is 0 Å². The number of piperidine rings is 1. The van der Waals surface area contributed by atoms with E-state index in [4.69, 9.17) is 11.6 Å². The zero-order chi connectivity index (χ0) is 15.4. The van der Waals surface area contributed by atoms with E-state index in [1.807, 2.05) is 12.3 Å². The molecule has 1 aromatic rings. The number of nitrogens with zero attached hydrogens (tertiary/aromatic N) is 4. The molecule has 0 unspecified atom stereocenters. The second-order valence-electron chi connectivity index (χ2n) is 6.70. The lowest BCUT2D eigenvalue weighted by molar-refractivity contribution is 0.0817. The van der Waals surface area contributed by atoms with E-state index in [2.05, 4.69) is 32.8 Å². The summed E-state index contributed by atoms with van der Waals surface area (Å²) in [7, 11) is 2.29. The van der Waals surface area contributed by atoms with Crippen molar-refractivity contribution < 1.29 is 0 Å². The number of rotatable bonds is 4. The molecule has 0 aliphatic carbocycles. The fraction of sp³-hybridized carbons (Fsp3) is 0.706. The summed E-state index contributed by atoms with van der Waals surface area (Å²) in [4.78, 5) is 11.9. The highest BCUT2D eigenvalue weighted by molar-refractivity contribution is 6.29. The first-order chi connectivity index (χ1) is 10.7. The maximum atomic E-state index is 5.84. The van der Waals surface area contributed by atoms with Gasteiger partial charge >= 0.3 is 0 Å². The summed E-state index contributed by atoms with van der Waals surface area (Å²) < 4.78 is 0. The minimum absolute atomic E-state index is 0.574. The van der Waals surface area contributed by atoms with Crippen molar-refractivity contribution in [2.24, 2.45) is 0 Å². The maximum Gasteiger partial charge on any atom is 0.129 e. The van der Waals surface area contributed by atoms with E-state index in [1.54, 1.807) is 0 Å². The standard InChI is InChI=1S/C17H27ClN4/c1-20-7-3-2-4-16(20)14-22-10-8-21(9-11-22)13-15-5-6-17(18)19-12-15/h5-6,12,16H,2-4,7-11,13-14H2,1H3/t16-/m0/s1. The predicted octanol–water partition coefficient (Wildman–Crippen LogP) is 2.34. The van der Waals surface area contributed by atoms with Gasteiger partial charge < -0.3 is 4.90 Å². The number of halogens is 1. The molecule has 2 fully saturated rings. The molecule has 0 saturated carbocycles. The summed E-state index contributed by atoms with van der Waals surface area (Å²) in [5, 5.41) is 0.574. The summed E-state index contributed by atoms with van der Waals surface area (Å²) in [5.74, 6) is 0. The third-order valence-electron chi connectivity index (χ3n) is 5.05. The van der Waals surface area contributed by atoms with Crippen LogP contribution in [0.3, 0.4) is 0 Å². The number of likely N-dealkylation sites (N-methyl/N-ethyl adjacent to an activating group) is 1. The van der Waals surface area contributed by atoms with Gasteiger partial charge in [-0.05, 0) is 38.1 Å². The van der Waals surface area contributed by atoms with Crippen molar-refractivity contribution in [3.05, 3.63) is 29.0 Å². The SMILES string of the molecule is CN1CCCC[C@H]1CN1CCN(Cc2ccc(Cl)nc2)CC1. The molecule has 0 bridgehead atoms. The van der Waals surface area contributed by atoms with Gasteiger partial charge in [-0.15, -0.1) is 0 Å². The zero-order valence-corrected chi connectivity index (χ0v) is 14.3. The Hall–Kier alpha value is -0.680. The van der Waals surface area contributed by atoms with Gasteiger partial charge in [-0.25, -0.2) is 4.98 Å². The molecule has 1 aromatic heterocycles. The number of pyridine rings is 1. The van der Waals surface area contributed by atoms with Gasteiger partial charge in [0.1, 0.15) is 5.15 Å². The highest BCUT2D eigenvalue weighted by Crippen LogP contribution is 2.17. The first-order valence-electron chi connectivity index (χ1n) is 8.46. The monoisotopic (exact) mass is 322 g/mol. The Labute approximate surface area is 139 Å². The summed E-state index contributed by atoms with van der Waals surface area (Å²) in [6, 6.07) is 4.73. The average Bonchev–Trinajstić information content (AvgIpc) is 2.54. The van der Waals surface area contributed by atoms with E-state index in [9.17, 15) is 0 Å². The number of piperazine rings is 1. The van der Waals surface area contributed by atoms with Crippen molar-refractivity contribution >= 4 is 11.6 Å². The molecular formula is C17H27ClN4. The second-order valence-corrected chi connectivity index (χ2v) is 7.08. The van der Waals surface area contributed by atoms with Crippen LogP contribution in [0.15, 0.2) is 18.3 Å². The Balaban J connectivity index is 1.43. The van der Waals surface area contributed by atoms with Crippen LogP contribution in [0.5, 0.6) is 0 Å². The van der Waals surface area contributed by atoms with Gasteiger partial charge in [0.15, 0.2) is 0 Å². The van der Waals surface area contributed by atoms with Crippen LogP contribution in [0.2, 0.25) is 5.15 Å². The van der Waals surface area contributed by atoms with Gasteiger partial charge in [0.05, 0.1) is 0 Å². The Morgan fingerprint density at radius 1 is 1.09 bits per heavy atom. The minimum Gasteiger partial charge on any atom is -0.302 e. The van der Waals surface area contributed by atoms with Crippen LogP contribution in [0.25, 0.3) is 0 Å². The molecule has 3 rings (SSSR count). The van der Waals surface area contributed by atoms with Gasteiger partial charge in [0.2, 0.25) is 0 Å². The number of hydrogen-bond acceptors (Lipinski definition) is 4. The molecule has 0 aromatic carbocycles. The molecule has 0 amide bonds. The largest absolute Gasteiger partial charge is 0.302 e. The molecule has 0 N–H and O–H groups in total. The number of aromatic nitrogens is 1. The maximum absolute atomic E-state index is 5.84. The molecule has 2 saturated heterocycles. The van der Waals surface area contributed by atoms with Crippen molar-refractivity contribution in [2.45, 2.75) is 31.8 Å². The van der Waals surface area contributed by atoms with Crippen molar-refractivity contribution in [3.63, 3.8) is 0 Å². The summed E-state index contributed by atoms with van der Waals surface area (Å²) >= 11 is 5.84. The first-order valence-corrected chi connectivity index (χ1v) is 8.84. The lowest BCUT2D eigenvalue weighted by Crippen LogP contribution is -2.51. The summed E-state index contributed by atoms with van der Waals surface area (Å²) in [6.07, 6.45) is 6.04. The van der Waals surface area contributed by atoms with Crippen LogP contribution in [-0.2, 0) is 6.54 Å². The molecule has 0 radical (unpaired) electrons. The Morgan fingerprint density at radius 2 is 1.86 bits per heavy atom. The van der Waals surface area contributed by atoms with E-state index in [-0.39, 0.29) is 0 Å². The molecule has 122 valence electrons. The summed E-state index contributed by atoms with van der Waals surface area (Å²) in [6.45, 7) is 8.18. The molecule has 1 atom stereocenters. The van der Waals surface area contributed by atoms with Crippen LogP contribution in [0.4, 0.5) is 0 Å². The van der Waals surface area contributed by atoms with Crippen LogP contribution in [0, 0.1) is 0 Å². The van der Waals surface area contributed by atoms with Crippen LogP contribution in [0.1, 0.15) is 24.8 Å². The van der Waals surface area contributed by atoms with Gasteiger partial charge in [-0.1, -0.05) is 24.1 Å². The molecule has 3 heterocycles. The van der Waals surface area contributed by atoms with Crippen molar-refractivity contribution in [2.75, 3.05) is 46.3 Å². The third-order valence-corrected chi connectivity index (χ3v) is 5.27. The van der Waals surface area contributed by atoms with Gasteiger partial charge in [-0.2, -0.15) is 0 Å². The second kappa shape index (κ2) is 7.73. The van der Waals surface area contributed by atoms with E-state index in [1.165, 1.54) is 51.0 Å². The lowest BCUT2D eigenvalue weighted by Gasteiger charge is -2.40. The van der Waals surface area contributed by atoms with Crippen molar-refractivity contribution in [1.82, 2.24) is 19.7 Å². The van der Waals surface area contributed by atoms with Crippen molar-refractivity contribution in [3.8, 4) is 0 Å². The predicted molar refractivity (Wildman–Crippen MR) is 91.2 cm³/mol. The molecular weight excluding hydrogens is 296 g/mol. The van der Waals surface area contributed by atoms with Crippen LogP contribution < -0.4 is 0 Å². The van der Waals surface area contributed by atoms with E-state index < -0.39 is 0 Å². The van der Waals surface area contributed by atoms with E-state index >= 15 is 0 Å². The lowest BCUT2D eigenvalue weighted by atomic mass is 10.0. The molecule has 4 nitrogen and oxygen atoms in total. The van der Waals surface area contributed by atoms with Gasteiger partial charge in [-0.3, -0.25) is 9.80 Å². The molecule has 2 aliphatic heterocycles. The molecule has 2 aliphatic rings. The highest BCUT2D eigenvalue weighted by Gasteiger charge is 2.24. The normalized spacial score (nSPS) is 25.5. The number of hydrogen-bond donors (Lipinski definition) is 0. The average molecular weight is 323 g/mol. The molecule has 22 heavy (non-hydrogen) atoms. The topological polar surface area (TPSA) is 22.6 Å². The molecule has 0 spiro atoms. The van der Waals surface area contributed by atoms with E-state index in [0.717, 1.165) is 25.7 Å². The van der Waals surface area contributed by atoms with Crippen LogP contribution in [-0.4, -0.2) is 72.0 Å². The molecule has 5 heteroatoms.